The number of nitrogens with zero attached hydrogens (tertiary/aromatic N) is 2. The zero-order valence-electron chi connectivity index (χ0n) is 15.4. The summed E-state index contributed by atoms with van der Waals surface area (Å²) in [6.45, 7) is 3.49. The van der Waals surface area contributed by atoms with Crippen molar-refractivity contribution in [2.75, 3.05) is 25.6 Å². The molecule has 0 aliphatic carbocycles. The summed E-state index contributed by atoms with van der Waals surface area (Å²) in [6.07, 6.45) is 0. The molecule has 2 amide bonds. The summed E-state index contributed by atoms with van der Waals surface area (Å²) in [5.74, 6) is 0.546. The van der Waals surface area contributed by atoms with E-state index in [9.17, 15) is 4.79 Å². The molecule has 0 radical (unpaired) electrons. The van der Waals surface area contributed by atoms with Crippen molar-refractivity contribution in [3.05, 3.63) is 53.6 Å². The molecule has 27 heavy (non-hydrogen) atoms. The van der Waals surface area contributed by atoms with Gasteiger partial charge in [-0.2, -0.15) is 0 Å². The highest BCUT2D eigenvalue weighted by molar-refractivity contribution is 5.97. The number of hydrogen-bond acceptors (Lipinski definition) is 4. The van der Waals surface area contributed by atoms with Gasteiger partial charge in [0, 0.05) is 12.8 Å². The smallest absolute Gasteiger partial charge is 0.322 e. The average molecular weight is 366 g/mol. The molecule has 1 unspecified atom stereocenters. The number of ether oxygens (including phenoxy) is 2. The Morgan fingerprint density at radius 2 is 2.04 bits per heavy atom. The number of H-pyrrole nitrogens is 1. The molecule has 0 fully saturated rings. The normalized spacial score (nSPS) is 14.7. The van der Waals surface area contributed by atoms with E-state index in [2.05, 4.69) is 15.5 Å². The summed E-state index contributed by atoms with van der Waals surface area (Å²) in [4.78, 5) is 14.5. The fraction of sp³-hybridized carbons (Fsp3) is 0.300. The lowest BCUT2D eigenvalue weighted by molar-refractivity contribution is 0.144. The van der Waals surface area contributed by atoms with Crippen LogP contribution < -0.4 is 10.1 Å². The maximum absolute atomic E-state index is 12.6. The van der Waals surface area contributed by atoms with Gasteiger partial charge >= 0.3 is 6.03 Å². The summed E-state index contributed by atoms with van der Waals surface area (Å²) < 4.78 is 10.7. The Morgan fingerprint density at radius 3 is 2.81 bits per heavy atom. The molecule has 0 saturated carbocycles. The van der Waals surface area contributed by atoms with Crippen LogP contribution in [0.15, 0.2) is 42.5 Å². The van der Waals surface area contributed by atoms with Gasteiger partial charge in [-0.15, -0.1) is 5.10 Å². The van der Waals surface area contributed by atoms with Crippen molar-refractivity contribution in [1.82, 2.24) is 15.1 Å². The first-order valence-electron chi connectivity index (χ1n) is 8.92. The highest BCUT2D eigenvalue weighted by Crippen LogP contribution is 2.34. The number of carbonyl (C=O) groups excluding carboxylic acids is 1. The molecule has 4 rings (SSSR count). The van der Waals surface area contributed by atoms with E-state index in [1.54, 1.807) is 7.11 Å². The number of anilines is 1. The van der Waals surface area contributed by atoms with Gasteiger partial charge in [0.1, 0.15) is 6.61 Å². The number of benzene rings is 2. The number of hydrogen-bond donors (Lipinski definition) is 2. The van der Waals surface area contributed by atoms with Crippen LogP contribution in [0.1, 0.15) is 24.1 Å². The number of aromatic nitrogens is 2. The SMILES string of the molecule is COCCOc1n[nH]c2cc3c(cc12)CN(C(C)c1ccccc1)C(=O)N3. The first-order valence-corrected chi connectivity index (χ1v) is 8.92. The molecule has 2 N–H and O–H groups in total. The standard InChI is InChI=1S/C20H22N4O3/c1-13(14-6-4-3-5-7-14)24-12-15-10-16-18(11-17(15)21-20(24)25)22-23-19(16)27-9-8-26-2/h3-7,10-11,13H,8-9,12H2,1-2H3,(H,21,25)(H,22,23). The molecular weight excluding hydrogens is 344 g/mol. The van der Waals surface area contributed by atoms with Gasteiger partial charge in [-0.25, -0.2) is 4.79 Å². The molecule has 3 aromatic rings. The van der Waals surface area contributed by atoms with Crippen LogP contribution in [0.2, 0.25) is 0 Å². The lowest BCUT2D eigenvalue weighted by Crippen LogP contribution is -2.40. The molecule has 1 atom stereocenters. The predicted octanol–water partition coefficient (Wildman–Crippen LogP) is 3.70. The fourth-order valence-electron chi connectivity index (χ4n) is 3.33. The third-order valence-corrected chi connectivity index (χ3v) is 4.87. The number of amides is 2. The molecule has 1 aromatic heterocycles. The number of aromatic amines is 1. The van der Waals surface area contributed by atoms with Gasteiger partial charge < -0.3 is 19.7 Å². The van der Waals surface area contributed by atoms with Gasteiger partial charge in [0.15, 0.2) is 0 Å². The molecular formula is C20H22N4O3. The van der Waals surface area contributed by atoms with Crippen molar-refractivity contribution in [3.8, 4) is 5.88 Å². The number of methoxy groups -OCH3 is 1. The van der Waals surface area contributed by atoms with Crippen LogP contribution >= 0.6 is 0 Å². The van der Waals surface area contributed by atoms with Crippen molar-refractivity contribution < 1.29 is 14.3 Å². The van der Waals surface area contributed by atoms with Crippen molar-refractivity contribution >= 4 is 22.6 Å². The van der Waals surface area contributed by atoms with Gasteiger partial charge in [0.05, 0.1) is 30.1 Å². The lowest BCUT2D eigenvalue weighted by Gasteiger charge is -2.34. The van der Waals surface area contributed by atoms with Crippen LogP contribution in [-0.2, 0) is 11.3 Å². The average Bonchev–Trinajstić information content (AvgIpc) is 3.08. The number of fused-ring (bicyclic) bond motifs is 2. The van der Waals surface area contributed by atoms with Crippen LogP contribution in [0.5, 0.6) is 5.88 Å². The van der Waals surface area contributed by atoms with Crippen molar-refractivity contribution in [3.63, 3.8) is 0 Å². The van der Waals surface area contributed by atoms with E-state index in [0.29, 0.717) is 25.6 Å². The molecule has 0 bridgehead atoms. The Kier molecular flexibility index (Phi) is 4.68. The second-order valence-corrected chi connectivity index (χ2v) is 6.57. The second kappa shape index (κ2) is 7.28. The molecule has 140 valence electrons. The van der Waals surface area contributed by atoms with Gasteiger partial charge in [0.2, 0.25) is 5.88 Å². The predicted molar refractivity (Wildman–Crippen MR) is 103 cm³/mol. The zero-order valence-corrected chi connectivity index (χ0v) is 15.4. The van der Waals surface area contributed by atoms with Gasteiger partial charge in [-0.1, -0.05) is 30.3 Å². The summed E-state index contributed by atoms with van der Waals surface area (Å²) in [5.41, 5.74) is 3.76. The molecule has 7 nitrogen and oxygen atoms in total. The van der Waals surface area contributed by atoms with E-state index < -0.39 is 0 Å². The number of nitrogens with one attached hydrogen (secondary N) is 2. The maximum atomic E-state index is 12.6. The van der Waals surface area contributed by atoms with E-state index in [4.69, 9.17) is 9.47 Å². The first-order chi connectivity index (χ1) is 13.2. The zero-order chi connectivity index (χ0) is 18.8. The Hall–Kier alpha value is -3.06. The number of urea groups is 1. The van der Waals surface area contributed by atoms with Crippen molar-refractivity contribution in [2.45, 2.75) is 19.5 Å². The Balaban J connectivity index is 1.62. The summed E-state index contributed by atoms with van der Waals surface area (Å²) in [7, 11) is 1.63. The highest BCUT2D eigenvalue weighted by atomic mass is 16.5. The van der Waals surface area contributed by atoms with Crippen LogP contribution in [0.4, 0.5) is 10.5 Å². The monoisotopic (exact) mass is 366 g/mol. The topological polar surface area (TPSA) is 79.5 Å². The third kappa shape index (κ3) is 3.33. The Morgan fingerprint density at radius 1 is 1.22 bits per heavy atom. The van der Waals surface area contributed by atoms with E-state index in [1.165, 1.54) is 0 Å². The van der Waals surface area contributed by atoms with E-state index in [0.717, 1.165) is 27.7 Å². The minimum absolute atomic E-state index is 0.0307. The molecule has 1 aliphatic rings. The fourth-order valence-corrected chi connectivity index (χ4v) is 3.33. The second-order valence-electron chi connectivity index (χ2n) is 6.57. The minimum Gasteiger partial charge on any atom is -0.474 e. The molecule has 2 heterocycles. The molecule has 0 spiro atoms. The van der Waals surface area contributed by atoms with Crippen LogP contribution in [0, 0.1) is 0 Å². The largest absolute Gasteiger partial charge is 0.474 e. The Labute approximate surface area is 157 Å². The minimum atomic E-state index is -0.103. The quantitative estimate of drug-likeness (QED) is 0.652. The van der Waals surface area contributed by atoms with E-state index in [1.807, 2.05) is 54.3 Å². The number of rotatable bonds is 6. The van der Waals surface area contributed by atoms with Crippen LogP contribution in [0.25, 0.3) is 10.9 Å². The van der Waals surface area contributed by atoms with Crippen molar-refractivity contribution in [1.29, 1.82) is 0 Å². The molecule has 0 saturated heterocycles. The van der Waals surface area contributed by atoms with Crippen LogP contribution in [-0.4, -0.2) is 41.5 Å². The van der Waals surface area contributed by atoms with Gasteiger partial charge in [0.25, 0.3) is 0 Å². The maximum Gasteiger partial charge on any atom is 0.322 e. The third-order valence-electron chi connectivity index (χ3n) is 4.87. The van der Waals surface area contributed by atoms with Gasteiger partial charge in [-0.3, -0.25) is 5.10 Å². The molecule has 1 aliphatic heterocycles. The van der Waals surface area contributed by atoms with Crippen LogP contribution in [0.3, 0.4) is 0 Å². The summed E-state index contributed by atoms with van der Waals surface area (Å²) >= 11 is 0. The Bertz CT molecular complexity index is 955. The van der Waals surface area contributed by atoms with E-state index in [-0.39, 0.29) is 12.1 Å². The summed E-state index contributed by atoms with van der Waals surface area (Å²) in [6, 6.07) is 13.8. The summed E-state index contributed by atoms with van der Waals surface area (Å²) in [5, 5.41) is 11.1. The van der Waals surface area contributed by atoms with Crippen molar-refractivity contribution in [2.24, 2.45) is 0 Å². The van der Waals surface area contributed by atoms with E-state index >= 15 is 0 Å². The highest BCUT2D eigenvalue weighted by Gasteiger charge is 2.28. The first kappa shape index (κ1) is 17.4. The van der Waals surface area contributed by atoms with Gasteiger partial charge in [-0.05, 0) is 30.2 Å². The molecule has 7 heteroatoms. The lowest BCUT2D eigenvalue weighted by atomic mass is 10.0. The number of carbonyl (C=O) groups is 1. The molecule has 2 aromatic carbocycles.